The second-order valence-corrected chi connectivity index (χ2v) is 3.96. The fourth-order valence-corrected chi connectivity index (χ4v) is 1.76. The predicted molar refractivity (Wildman–Crippen MR) is 60.4 cm³/mol. The third kappa shape index (κ3) is 7.14. The summed E-state index contributed by atoms with van der Waals surface area (Å²) in [6.07, 6.45) is 7.87. The maximum absolute atomic E-state index is 11.7. The van der Waals surface area contributed by atoms with Gasteiger partial charge < -0.3 is 4.52 Å². The lowest BCUT2D eigenvalue weighted by Gasteiger charge is -2.13. The zero-order valence-corrected chi connectivity index (χ0v) is 9.98. The Bertz CT molecular complexity index is 261. The molecule has 0 unspecified atom stereocenters. The molecule has 0 aromatic carbocycles. The Balaban J connectivity index is 4.17. The first-order valence-corrected chi connectivity index (χ1v) is 6.16. The summed E-state index contributed by atoms with van der Waals surface area (Å²) >= 11 is 0. The molecule has 0 bridgehead atoms. The smallest absolute Gasteiger partial charge is 0.412 e. The van der Waals surface area contributed by atoms with Crippen LogP contribution >= 0.6 is 7.82 Å². The molecule has 0 atom stereocenters. The van der Waals surface area contributed by atoms with Crippen molar-refractivity contribution in [2.45, 2.75) is 13.8 Å². The number of allylic oxidation sites excluding steroid dienone is 4. The SMILES string of the molecule is C=C/C=C/C=C/OP(=O)(OCC)OCC. The largest absolute Gasteiger partial charge is 0.529 e. The second-order valence-electron chi connectivity index (χ2n) is 2.34. The zero-order chi connectivity index (χ0) is 11.6. The Hall–Kier alpha value is -0.830. The van der Waals surface area contributed by atoms with E-state index in [4.69, 9.17) is 13.6 Å². The summed E-state index contributed by atoms with van der Waals surface area (Å²) in [4.78, 5) is 0. The van der Waals surface area contributed by atoms with Crippen molar-refractivity contribution in [3.63, 3.8) is 0 Å². The van der Waals surface area contributed by atoms with E-state index < -0.39 is 7.82 Å². The summed E-state index contributed by atoms with van der Waals surface area (Å²) in [7, 11) is -3.41. The number of rotatable bonds is 8. The fraction of sp³-hybridized carbons (Fsp3) is 0.400. The van der Waals surface area contributed by atoms with E-state index in [1.807, 2.05) is 0 Å². The molecule has 0 aliphatic heterocycles. The monoisotopic (exact) mass is 232 g/mol. The Morgan fingerprint density at radius 2 is 1.73 bits per heavy atom. The van der Waals surface area contributed by atoms with Crippen LogP contribution in [-0.4, -0.2) is 13.2 Å². The highest BCUT2D eigenvalue weighted by atomic mass is 31.2. The molecular weight excluding hydrogens is 215 g/mol. The predicted octanol–water partition coefficient (Wildman–Crippen LogP) is 3.44. The lowest BCUT2D eigenvalue weighted by Crippen LogP contribution is -1.96. The van der Waals surface area contributed by atoms with Crippen molar-refractivity contribution in [3.8, 4) is 0 Å². The Morgan fingerprint density at radius 1 is 1.13 bits per heavy atom. The molecule has 0 saturated carbocycles. The molecule has 4 nitrogen and oxygen atoms in total. The third-order valence-corrected chi connectivity index (χ3v) is 2.73. The van der Waals surface area contributed by atoms with Gasteiger partial charge in [-0.15, -0.1) is 0 Å². The zero-order valence-electron chi connectivity index (χ0n) is 9.09. The molecular formula is C10H17O4P. The molecule has 0 saturated heterocycles. The van der Waals surface area contributed by atoms with E-state index in [0.29, 0.717) is 0 Å². The van der Waals surface area contributed by atoms with E-state index in [1.165, 1.54) is 6.26 Å². The van der Waals surface area contributed by atoms with Gasteiger partial charge in [0.1, 0.15) is 0 Å². The van der Waals surface area contributed by atoms with Crippen molar-refractivity contribution in [2.24, 2.45) is 0 Å². The normalized spacial score (nSPS) is 12.4. The first-order chi connectivity index (χ1) is 7.18. The molecule has 15 heavy (non-hydrogen) atoms. The molecule has 0 fully saturated rings. The molecule has 0 aliphatic carbocycles. The lowest BCUT2D eigenvalue weighted by atomic mass is 10.5. The van der Waals surface area contributed by atoms with E-state index in [2.05, 4.69) is 6.58 Å². The van der Waals surface area contributed by atoms with Gasteiger partial charge in [0, 0.05) is 0 Å². The number of phosphoric acid groups is 1. The molecule has 0 aromatic rings. The number of hydrogen-bond donors (Lipinski definition) is 0. The lowest BCUT2D eigenvalue weighted by molar-refractivity contribution is 0.154. The van der Waals surface area contributed by atoms with Gasteiger partial charge in [0.05, 0.1) is 19.5 Å². The second kappa shape index (κ2) is 8.48. The van der Waals surface area contributed by atoms with Crippen molar-refractivity contribution in [3.05, 3.63) is 37.1 Å². The first-order valence-electron chi connectivity index (χ1n) is 4.70. The van der Waals surface area contributed by atoms with Crippen molar-refractivity contribution in [1.82, 2.24) is 0 Å². The van der Waals surface area contributed by atoms with Crippen LogP contribution in [0.2, 0.25) is 0 Å². The van der Waals surface area contributed by atoms with E-state index in [1.54, 1.807) is 38.2 Å². The van der Waals surface area contributed by atoms with Crippen molar-refractivity contribution in [2.75, 3.05) is 13.2 Å². The van der Waals surface area contributed by atoms with Gasteiger partial charge >= 0.3 is 7.82 Å². The van der Waals surface area contributed by atoms with Crippen molar-refractivity contribution < 1.29 is 18.1 Å². The van der Waals surface area contributed by atoms with Crippen LogP contribution in [0.25, 0.3) is 0 Å². The highest BCUT2D eigenvalue weighted by molar-refractivity contribution is 7.48. The number of phosphoric ester groups is 1. The van der Waals surface area contributed by atoms with Gasteiger partial charge in [0.15, 0.2) is 0 Å². The summed E-state index contributed by atoms with van der Waals surface area (Å²) < 4.78 is 26.4. The third-order valence-electron chi connectivity index (χ3n) is 1.20. The Labute approximate surface area is 90.8 Å². The molecule has 0 aliphatic rings. The van der Waals surface area contributed by atoms with Gasteiger partial charge in [0.2, 0.25) is 0 Å². The Morgan fingerprint density at radius 3 is 2.20 bits per heavy atom. The summed E-state index contributed by atoms with van der Waals surface area (Å²) in [6, 6.07) is 0. The maximum Gasteiger partial charge on any atom is 0.529 e. The molecule has 0 heterocycles. The molecule has 0 radical (unpaired) electrons. The minimum Gasteiger partial charge on any atom is -0.412 e. The van der Waals surface area contributed by atoms with Crippen LogP contribution in [0.4, 0.5) is 0 Å². The Kier molecular flexibility index (Phi) is 8.01. The summed E-state index contributed by atoms with van der Waals surface area (Å²) in [5.74, 6) is 0. The van der Waals surface area contributed by atoms with Crippen LogP contribution in [0.3, 0.4) is 0 Å². The highest BCUT2D eigenvalue weighted by Gasteiger charge is 2.24. The average Bonchev–Trinajstić information content (AvgIpc) is 2.18. The van der Waals surface area contributed by atoms with Gasteiger partial charge in [-0.3, -0.25) is 9.05 Å². The molecule has 0 spiro atoms. The minimum atomic E-state index is -3.41. The van der Waals surface area contributed by atoms with Gasteiger partial charge in [0.25, 0.3) is 0 Å². The average molecular weight is 232 g/mol. The molecule has 0 aromatic heterocycles. The summed E-state index contributed by atoms with van der Waals surface area (Å²) in [6.45, 7) is 7.48. The first kappa shape index (κ1) is 14.2. The molecule has 5 heteroatoms. The van der Waals surface area contributed by atoms with E-state index in [9.17, 15) is 4.57 Å². The standard InChI is InChI=1S/C10H17O4P/c1-4-7-8-9-10-14-15(11,12-5-2)13-6-3/h4,7-10H,1,5-6H2,2-3H3/b8-7+,10-9+. The topological polar surface area (TPSA) is 44.8 Å². The van der Waals surface area contributed by atoms with E-state index in [-0.39, 0.29) is 13.2 Å². The fourth-order valence-electron chi connectivity index (χ4n) is 0.712. The quantitative estimate of drug-likeness (QED) is 0.365. The van der Waals surface area contributed by atoms with Gasteiger partial charge in [-0.25, -0.2) is 4.57 Å². The van der Waals surface area contributed by atoms with E-state index >= 15 is 0 Å². The van der Waals surface area contributed by atoms with Crippen LogP contribution in [0.5, 0.6) is 0 Å². The van der Waals surface area contributed by atoms with Crippen LogP contribution < -0.4 is 0 Å². The molecule has 0 amide bonds. The van der Waals surface area contributed by atoms with Crippen LogP contribution in [-0.2, 0) is 18.1 Å². The van der Waals surface area contributed by atoms with Gasteiger partial charge in [-0.2, -0.15) is 0 Å². The highest BCUT2D eigenvalue weighted by Crippen LogP contribution is 2.49. The van der Waals surface area contributed by atoms with Crippen LogP contribution in [0.1, 0.15) is 13.8 Å². The van der Waals surface area contributed by atoms with Crippen LogP contribution in [0, 0.1) is 0 Å². The summed E-state index contributed by atoms with van der Waals surface area (Å²) in [5, 5.41) is 0. The number of hydrogen-bond acceptors (Lipinski definition) is 4. The van der Waals surface area contributed by atoms with Crippen molar-refractivity contribution >= 4 is 7.82 Å². The van der Waals surface area contributed by atoms with Gasteiger partial charge in [-0.05, 0) is 19.9 Å². The molecule has 86 valence electrons. The molecule has 0 rings (SSSR count). The van der Waals surface area contributed by atoms with Crippen LogP contribution in [0.15, 0.2) is 37.1 Å². The molecule has 0 N–H and O–H groups in total. The van der Waals surface area contributed by atoms with E-state index in [0.717, 1.165) is 0 Å². The minimum absolute atomic E-state index is 0.271. The summed E-state index contributed by atoms with van der Waals surface area (Å²) in [5.41, 5.74) is 0. The maximum atomic E-state index is 11.7. The van der Waals surface area contributed by atoms with Gasteiger partial charge in [-0.1, -0.05) is 24.8 Å². The van der Waals surface area contributed by atoms with Crippen molar-refractivity contribution in [1.29, 1.82) is 0 Å².